The monoisotopic (exact) mass is 354 g/mol. The van der Waals surface area contributed by atoms with Crippen LogP contribution >= 0.6 is 11.6 Å². The van der Waals surface area contributed by atoms with Crippen LogP contribution in [0.5, 0.6) is 0 Å². The predicted molar refractivity (Wildman–Crippen MR) is 93.8 cm³/mol. The number of nitrogen functional groups attached to an aromatic ring is 2. The molecule has 2 heterocycles. The summed E-state index contributed by atoms with van der Waals surface area (Å²) in [6, 6.07) is 0. The number of aliphatic imine (C=N–C) groups is 1. The molecule has 0 saturated heterocycles. The third-order valence-corrected chi connectivity index (χ3v) is 4.31. The van der Waals surface area contributed by atoms with E-state index >= 15 is 0 Å². The van der Waals surface area contributed by atoms with Gasteiger partial charge >= 0.3 is 0 Å². The van der Waals surface area contributed by atoms with Crippen molar-refractivity contribution in [3.63, 3.8) is 0 Å². The first-order valence-corrected chi connectivity index (χ1v) is 8.13. The molecule has 2 rings (SSSR count). The van der Waals surface area contributed by atoms with Crippen molar-refractivity contribution in [3.8, 4) is 0 Å². The maximum absolute atomic E-state index is 12.3. The van der Waals surface area contributed by atoms with E-state index in [2.05, 4.69) is 34.1 Å². The third-order valence-electron chi connectivity index (χ3n) is 4.03. The minimum atomic E-state index is -0.504. The van der Waals surface area contributed by atoms with Crippen LogP contribution in [-0.4, -0.2) is 40.0 Å². The Labute approximate surface area is 145 Å². The Morgan fingerprint density at radius 2 is 2.08 bits per heavy atom. The topological polar surface area (TPSA) is 140 Å². The number of amidine groups is 1. The Morgan fingerprint density at radius 1 is 1.38 bits per heavy atom. The van der Waals surface area contributed by atoms with E-state index < -0.39 is 5.91 Å². The lowest BCUT2D eigenvalue weighted by Gasteiger charge is -2.26. The normalized spacial score (nSPS) is 17.7. The van der Waals surface area contributed by atoms with Crippen molar-refractivity contribution in [2.75, 3.05) is 24.6 Å². The van der Waals surface area contributed by atoms with Gasteiger partial charge in [0.05, 0.1) is 0 Å². The smallest absolute Gasteiger partial charge is 0.279 e. The predicted octanol–water partition coefficient (Wildman–Crippen LogP) is 1.24. The molecular weight excluding hydrogens is 332 g/mol. The molecule has 0 spiro atoms. The van der Waals surface area contributed by atoms with Crippen LogP contribution < -0.4 is 16.8 Å². The van der Waals surface area contributed by atoms with E-state index in [9.17, 15) is 4.79 Å². The second-order valence-electron chi connectivity index (χ2n) is 6.79. The summed E-state index contributed by atoms with van der Waals surface area (Å²) in [7, 11) is 0. The lowest BCUT2D eigenvalue weighted by atomic mass is 9.80. The molecule has 0 radical (unpaired) electrons. The van der Waals surface area contributed by atoms with Crippen molar-refractivity contribution in [3.05, 3.63) is 10.8 Å². The number of halogens is 1. The van der Waals surface area contributed by atoms with Gasteiger partial charge in [-0.1, -0.05) is 25.4 Å². The van der Waals surface area contributed by atoms with Crippen molar-refractivity contribution in [2.45, 2.75) is 33.1 Å². The molecule has 8 nitrogen and oxygen atoms in total. The van der Waals surface area contributed by atoms with Crippen LogP contribution in [0.25, 0.3) is 0 Å². The summed E-state index contributed by atoms with van der Waals surface area (Å²) in [5, 5.41) is 11.8. The van der Waals surface area contributed by atoms with Gasteiger partial charge in [-0.3, -0.25) is 9.79 Å². The first kappa shape index (κ1) is 18.4. The fraction of sp³-hybridized carbons (Fsp3) is 0.600. The molecule has 0 aromatic carbocycles. The number of carbonyl (C=O) groups excluding carboxylic acids is 1. The van der Waals surface area contributed by atoms with Crippen LogP contribution in [0.4, 0.5) is 11.6 Å². The van der Waals surface area contributed by atoms with Gasteiger partial charge in [-0.15, -0.1) is 0 Å². The zero-order chi connectivity index (χ0) is 17.9. The molecule has 6 N–H and O–H groups in total. The summed E-state index contributed by atoms with van der Waals surface area (Å²) >= 11 is 5.79. The zero-order valence-corrected chi connectivity index (χ0v) is 14.6. The summed E-state index contributed by atoms with van der Waals surface area (Å²) in [4.78, 5) is 24.3. The molecule has 1 aromatic heterocycles. The summed E-state index contributed by atoms with van der Waals surface area (Å²) in [5.74, 6) is 0.332. The Kier molecular flexibility index (Phi) is 5.61. The molecule has 0 saturated carbocycles. The van der Waals surface area contributed by atoms with Gasteiger partial charge in [0, 0.05) is 19.6 Å². The van der Waals surface area contributed by atoms with Gasteiger partial charge in [-0.25, -0.2) is 9.97 Å². The molecule has 1 aromatic rings. The largest absolute Gasteiger partial charge is 0.396 e. The highest BCUT2D eigenvalue weighted by atomic mass is 35.5. The number of aliphatic hydroxyl groups excluding tert-OH is 1. The number of carbonyl (C=O) groups is 1. The Bertz CT molecular complexity index is 662. The number of nitrogens with zero attached hydrogens (tertiary/aromatic N) is 3. The summed E-state index contributed by atoms with van der Waals surface area (Å²) < 4.78 is 0. The van der Waals surface area contributed by atoms with Gasteiger partial charge in [0.2, 0.25) is 0 Å². The number of hydrogen-bond donors (Lipinski definition) is 4. The van der Waals surface area contributed by atoms with Gasteiger partial charge < -0.3 is 21.9 Å². The van der Waals surface area contributed by atoms with Gasteiger partial charge in [-0.2, -0.15) is 0 Å². The van der Waals surface area contributed by atoms with E-state index in [0.29, 0.717) is 24.7 Å². The number of amides is 1. The van der Waals surface area contributed by atoms with E-state index in [1.165, 1.54) is 0 Å². The highest BCUT2D eigenvalue weighted by Crippen LogP contribution is 2.32. The van der Waals surface area contributed by atoms with Crippen LogP contribution in [0.2, 0.25) is 5.15 Å². The first-order chi connectivity index (χ1) is 11.2. The second-order valence-corrected chi connectivity index (χ2v) is 7.15. The van der Waals surface area contributed by atoms with Crippen molar-refractivity contribution >= 4 is 35.0 Å². The first-order valence-electron chi connectivity index (χ1n) is 7.76. The Morgan fingerprint density at radius 3 is 2.75 bits per heavy atom. The number of aromatic nitrogens is 2. The number of nitrogens with two attached hydrogens (primary N) is 2. The zero-order valence-electron chi connectivity index (χ0n) is 13.8. The minimum Gasteiger partial charge on any atom is -0.396 e. The molecule has 0 aliphatic carbocycles. The number of anilines is 2. The minimum absolute atomic E-state index is 0.0184. The molecule has 1 atom stereocenters. The number of rotatable bonds is 5. The van der Waals surface area contributed by atoms with Gasteiger partial charge in [0.1, 0.15) is 5.84 Å². The van der Waals surface area contributed by atoms with Gasteiger partial charge in [-0.05, 0) is 24.2 Å². The van der Waals surface area contributed by atoms with Crippen LogP contribution in [0, 0.1) is 11.3 Å². The lowest BCUT2D eigenvalue weighted by Crippen LogP contribution is -2.32. The molecular formula is C15H23ClN6O2. The molecule has 9 heteroatoms. The average molecular weight is 355 g/mol. The highest BCUT2D eigenvalue weighted by molar-refractivity contribution is 6.31. The number of nitrogens with one attached hydrogen (secondary N) is 1. The molecule has 24 heavy (non-hydrogen) atoms. The number of hydrogen-bond acceptors (Lipinski definition) is 7. The fourth-order valence-corrected chi connectivity index (χ4v) is 2.98. The van der Waals surface area contributed by atoms with E-state index in [4.69, 9.17) is 28.2 Å². The molecule has 1 amide bonds. The molecule has 0 unspecified atom stereocenters. The van der Waals surface area contributed by atoms with E-state index in [1.807, 2.05) is 0 Å². The maximum atomic E-state index is 12.3. The Balaban J connectivity index is 1.96. The van der Waals surface area contributed by atoms with Gasteiger partial charge in [0.25, 0.3) is 5.91 Å². The maximum Gasteiger partial charge on any atom is 0.279 e. The summed E-state index contributed by atoms with van der Waals surface area (Å²) in [6.45, 7) is 5.05. The van der Waals surface area contributed by atoms with Crippen molar-refractivity contribution < 1.29 is 9.90 Å². The van der Waals surface area contributed by atoms with Crippen LogP contribution in [0.15, 0.2) is 4.99 Å². The Hall–Kier alpha value is -1.93. The standard InChI is InChI=1S/C15H23ClN6O2/c1-15(2,3-4-23)6-8-5-9(19-7-8)20-14(24)10-12(17)22-13(18)11(16)21-10/h8,23H,3-7H2,1-2H3,(H4,17,18,22)(H,19,20,24)/t8-/m0/s1. The molecule has 0 fully saturated rings. The SMILES string of the molecule is CC(C)(CCO)C[C@H]1CN=C(NC(=O)c2nc(Cl)c(N)nc2N)C1. The molecule has 132 valence electrons. The quantitative estimate of drug-likeness (QED) is 0.627. The summed E-state index contributed by atoms with van der Waals surface area (Å²) in [5.41, 5.74) is 11.1. The highest BCUT2D eigenvalue weighted by Gasteiger charge is 2.28. The second kappa shape index (κ2) is 7.31. The van der Waals surface area contributed by atoms with E-state index in [0.717, 1.165) is 12.8 Å². The van der Waals surface area contributed by atoms with Gasteiger partial charge in [0.15, 0.2) is 22.5 Å². The molecule has 1 aliphatic rings. The number of aliphatic hydroxyl groups is 1. The van der Waals surface area contributed by atoms with E-state index in [1.54, 1.807) is 0 Å². The average Bonchev–Trinajstić information content (AvgIpc) is 2.88. The lowest BCUT2D eigenvalue weighted by molar-refractivity contribution is 0.0972. The van der Waals surface area contributed by atoms with Crippen molar-refractivity contribution in [1.82, 2.24) is 15.3 Å². The molecule has 0 bridgehead atoms. The fourth-order valence-electron chi connectivity index (χ4n) is 2.85. The van der Waals surface area contributed by atoms with Crippen LogP contribution in [0.3, 0.4) is 0 Å². The third kappa shape index (κ3) is 4.55. The van der Waals surface area contributed by atoms with E-state index in [-0.39, 0.29) is 34.5 Å². The summed E-state index contributed by atoms with van der Waals surface area (Å²) in [6.07, 6.45) is 2.32. The molecule has 1 aliphatic heterocycles. The van der Waals surface area contributed by atoms with Crippen molar-refractivity contribution in [2.24, 2.45) is 16.3 Å². The van der Waals surface area contributed by atoms with Crippen LogP contribution in [-0.2, 0) is 0 Å². The van der Waals surface area contributed by atoms with Crippen LogP contribution in [0.1, 0.15) is 43.6 Å². The van der Waals surface area contributed by atoms with Crippen molar-refractivity contribution in [1.29, 1.82) is 0 Å².